The Morgan fingerprint density at radius 1 is 1.07 bits per heavy atom. The number of carbonyl (C=O) groups excluding carboxylic acids is 2. The van der Waals surface area contributed by atoms with Crippen molar-refractivity contribution in [1.29, 1.82) is 0 Å². The van der Waals surface area contributed by atoms with Gasteiger partial charge in [-0.25, -0.2) is 21.5 Å². The fourth-order valence-electron chi connectivity index (χ4n) is 2.80. The molecule has 0 heterocycles. The Hall–Kier alpha value is -2.65. The van der Waals surface area contributed by atoms with E-state index in [1.54, 1.807) is 6.92 Å². The third-order valence-electron chi connectivity index (χ3n) is 4.67. The number of amides is 1. The molecular weight excluding hydrogens is 414 g/mol. The average molecular weight is 438 g/mol. The molecule has 1 amide bonds. The van der Waals surface area contributed by atoms with Gasteiger partial charge in [0.15, 0.2) is 17.4 Å². The largest absolute Gasteiger partial charge is 0.350 e. The van der Waals surface area contributed by atoms with Crippen LogP contribution in [0.25, 0.3) is 0 Å². The van der Waals surface area contributed by atoms with Gasteiger partial charge in [0.1, 0.15) is 0 Å². The molecule has 1 N–H and O–H groups in total. The number of nitrogens with one attached hydrogen (secondary N) is 1. The van der Waals surface area contributed by atoms with Crippen LogP contribution in [0, 0.1) is 11.6 Å². The molecule has 0 saturated heterocycles. The minimum atomic E-state index is -3.74. The molecule has 9 heteroatoms. The molecule has 0 aliphatic heterocycles. The van der Waals surface area contributed by atoms with Gasteiger partial charge in [0, 0.05) is 25.6 Å². The van der Waals surface area contributed by atoms with Crippen LogP contribution in [0.5, 0.6) is 0 Å². The lowest BCUT2D eigenvalue weighted by Crippen LogP contribution is -2.30. The molecule has 2 aromatic carbocycles. The first-order valence-electron chi connectivity index (χ1n) is 9.34. The zero-order chi connectivity index (χ0) is 22.5. The number of halogens is 2. The van der Waals surface area contributed by atoms with Crippen LogP contribution in [-0.4, -0.2) is 38.0 Å². The van der Waals surface area contributed by atoms with E-state index in [0.717, 1.165) is 16.4 Å². The summed E-state index contributed by atoms with van der Waals surface area (Å²) < 4.78 is 52.6. The smallest absolute Gasteiger partial charge is 0.242 e. The standard InChI is InChI=1S/C21H24F2N2O4S/c1-14(17-8-11-19(22)20(23)13-17)24-21(27)5-4-12-25(3)30(28,29)18-9-6-16(7-10-18)15(2)26/h6-11,13-14H,4-5,12H2,1-3H3,(H,24,27). The van der Waals surface area contributed by atoms with Crippen molar-refractivity contribution in [2.75, 3.05) is 13.6 Å². The summed E-state index contributed by atoms with van der Waals surface area (Å²) >= 11 is 0. The maximum Gasteiger partial charge on any atom is 0.242 e. The Bertz CT molecular complexity index is 1020. The van der Waals surface area contributed by atoms with Crippen molar-refractivity contribution in [3.8, 4) is 0 Å². The van der Waals surface area contributed by atoms with E-state index >= 15 is 0 Å². The van der Waals surface area contributed by atoms with Crippen LogP contribution in [0.15, 0.2) is 47.4 Å². The minimum absolute atomic E-state index is 0.0615. The quantitative estimate of drug-likeness (QED) is 0.608. The Kier molecular flexibility index (Phi) is 7.80. The van der Waals surface area contributed by atoms with Gasteiger partial charge in [-0.1, -0.05) is 18.2 Å². The van der Waals surface area contributed by atoms with Crippen molar-refractivity contribution in [2.24, 2.45) is 0 Å². The van der Waals surface area contributed by atoms with Crippen molar-refractivity contribution in [1.82, 2.24) is 9.62 Å². The zero-order valence-corrected chi connectivity index (χ0v) is 17.8. The maximum atomic E-state index is 13.3. The molecule has 0 aliphatic rings. The van der Waals surface area contributed by atoms with Gasteiger partial charge in [0.2, 0.25) is 15.9 Å². The van der Waals surface area contributed by atoms with Crippen LogP contribution in [0.4, 0.5) is 8.78 Å². The lowest BCUT2D eigenvalue weighted by atomic mass is 10.1. The van der Waals surface area contributed by atoms with E-state index < -0.39 is 27.7 Å². The highest BCUT2D eigenvalue weighted by Gasteiger charge is 2.21. The molecule has 0 bridgehead atoms. The van der Waals surface area contributed by atoms with E-state index in [4.69, 9.17) is 0 Å². The van der Waals surface area contributed by atoms with Crippen molar-refractivity contribution in [2.45, 2.75) is 37.6 Å². The molecule has 30 heavy (non-hydrogen) atoms. The number of sulfonamides is 1. The number of ketones is 1. The summed E-state index contributed by atoms with van der Waals surface area (Å²) in [6.07, 6.45) is 0.342. The molecule has 1 atom stereocenters. The van der Waals surface area contributed by atoms with Crippen LogP contribution >= 0.6 is 0 Å². The average Bonchev–Trinajstić information content (AvgIpc) is 2.69. The van der Waals surface area contributed by atoms with Crippen molar-refractivity contribution in [3.05, 3.63) is 65.2 Å². The highest BCUT2D eigenvalue weighted by atomic mass is 32.2. The molecule has 6 nitrogen and oxygen atoms in total. The van der Waals surface area contributed by atoms with E-state index in [-0.39, 0.29) is 36.0 Å². The van der Waals surface area contributed by atoms with Crippen molar-refractivity contribution < 1.29 is 26.8 Å². The lowest BCUT2D eigenvalue weighted by molar-refractivity contribution is -0.121. The Labute approximate surface area is 174 Å². The third kappa shape index (κ3) is 5.93. The first-order valence-corrected chi connectivity index (χ1v) is 10.8. The molecule has 0 aromatic heterocycles. The van der Waals surface area contributed by atoms with Crippen LogP contribution in [0.3, 0.4) is 0 Å². The van der Waals surface area contributed by atoms with Crippen LogP contribution in [-0.2, 0) is 14.8 Å². The van der Waals surface area contributed by atoms with Crippen molar-refractivity contribution >= 4 is 21.7 Å². The van der Waals surface area contributed by atoms with Gasteiger partial charge in [-0.2, -0.15) is 0 Å². The third-order valence-corrected chi connectivity index (χ3v) is 6.54. The van der Waals surface area contributed by atoms with Gasteiger partial charge < -0.3 is 5.32 Å². The van der Waals surface area contributed by atoms with Crippen molar-refractivity contribution in [3.63, 3.8) is 0 Å². The Balaban J connectivity index is 1.87. The Morgan fingerprint density at radius 3 is 2.27 bits per heavy atom. The van der Waals surface area contributed by atoms with Gasteiger partial charge in [0.25, 0.3) is 0 Å². The second-order valence-corrected chi connectivity index (χ2v) is 9.02. The number of Topliss-reactive ketones (excluding diaryl/α,β-unsaturated/α-hetero) is 1. The number of carbonyl (C=O) groups is 2. The molecule has 2 aromatic rings. The molecule has 2 rings (SSSR count). The highest BCUT2D eigenvalue weighted by Crippen LogP contribution is 2.18. The predicted octanol–water partition coefficient (Wildman–Crippen LogP) is 3.45. The summed E-state index contributed by atoms with van der Waals surface area (Å²) in [7, 11) is -2.33. The summed E-state index contributed by atoms with van der Waals surface area (Å²) in [6.45, 7) is 3.16. The topological polar surface area (TPSA) is 83.6 Å². The molecular formula is C21H24F2N2O4S. The molecule has 0 fully saturated rings. The molecule has 0 aliphatic carbocycles. The van der Waals surface area contributed by atoms with E-state index in [1.807, 2.05) is 0 Å². The number of rotatable bonds is 9. The number of benzene rings is 2. The number of nitrogens with zero attached hydrogens (tertiary/aromatic N) is 1. The molecule has 0 spiro atoms. The van der Waals surface area contributed by atoms with Crippen LogP contribution in [0.1, 0.15) is 48.7 Å². The number of hydrogen-bond acceptors (Lipinski definition) is 4. The summed E-state index contributed by atoms with van der Waals surface area (Å²) in [5.41, 5.74) is 0.847. The van der Waals surface area contributed by atoms with E-state index in [9.17, 15) is 26.8 Å². The number of hydrogen-bond donors (Lipinski definition) is 1. The van der Waals surface area contributed by atoms with E-state index in [2.05, 4.69) is 5.32 Å². The molecule has 0 radical (unpaired) electrons. The summed E-state index contributed by atoms with van der Waals surface area (Å²) in [5, 5.41) is 2.68. The molecule has 0 saturated carbocycles. The van der Waals surface area contributed by atoms with Crippen LogP contribution in [0.2, 0.25) is 0 Å². The van der Waals surface area contributed by atoms with E-state index in [0.29, 0.717) is 11.1 Å². The minimum Gasteiger partial charge on any atom is -0.350 e. The van der Waals surface area contributed by atoms with Gasteiger partial charge in [-0.3, -0.25) is 9.59 Å². The fourth-order valence-corrected chi connectivity index (χ4v) is 4.01. The van der Waals surface area contributed by atoms with Crippen LogP contribution < -0.4 is 5.32 Å². The predicted molar refractivity (Wildman–Crippen MR) is 108 cm³/mol. The second kappa shape index (κ2) is 9.90. The molecule has 162 valence electrons. The monoisotopic (exact) mass is 438 g/mol. The molecule has 1 unspecified atom stereocenters. The maximum absolute atomic E-state index is 13.3. The fraction of sp³-hybridized carbons (Fsp3) is 0.333. The summed E-state index contributed by atoms with van der Waals surface area (Å²) in [4.78, 5) is 23.5. The van der Waals surface area contributed by atoms with Gasteiger partial charge in [0.05, 0.1) is 10.9 Å². The first-order chi connectivity index (χ1) is 14.0. The lowest BCUT2D eigenvalue weighted by Gasteiger charge is -2.18. The summed E-state index contributed by atoms with van der Waals surface area (Å²) in [6, 6.07) is 8.55. The Morgan fingerprint density at radius 2 is 1.70 bits per heavy atom. The van der Waals surface area contributed by atoms with Gasteiger partial charge in [-0.15, -0.1) is 0 Å². The zero-order valence-electron chi connectivity index (χ0n) is 17.0. The first kappa shape index (κ1) is 23.6. The summed E-state index contributed by atoms with van der Waals surface area (Å²) in [5.74, 6) is -2.44. The second-order valence-electron chi connectivity index (χ2n) is 6.97. The SMILES string of the molecule is CC(=O)c1ccc(S(=O)(=O)N(C)CCCC(=O)NC(C)c2ccc(F)c(F)c2)cc1. The van der Waals surface area contributed by atoms with Gasteiger partial charge in [-0.05, 0) is 50.1 Å². The van der Waals surface area contributed by atoms with Gasteiger partial charge >= 0.3 is 0 Å². The normalized spacial score (nSPS) is 12.6. The highest BCUT2D eigenvalue weighted by molar-refractivity contribution is 7.89. The van der Waals surface area contributed by atoms with E-state index in [1.165, 1.54) is 44.3 Å².